The van der Waals surface area contributed by atoms with Crippen molar-refractivity contribution in [3.63, 3.8) is 0 Å². The van der Waals surface area contributed by atoms with Crippen molar-refractivity contribution in [2.75, 3.05) is 0 Å². The number of carboxylic acids is 1. The summed E-state index contributed by atoms with van der Waals surface area (Å²) < 4.78 is 5.42. The van der Waals surface area contributed by atoms with E-state index in [1.807, 2.05) is 0 Å². The normalized spacial score (nSPS) is 11.2. The van der Waals surface area contributed by atoms with E-state index in [0.29, 0.717) is 23.5 Å². The highest BCUT2D eigenvalue weighted by Crippen LogP contribution is 2.22. The van der Waals surface area contributed by atoms with Crippen molar-refractivity contribution < 1.29 is 19.4 Å². The third kappa shape index (κ3) is 14.3. The highest BCUT2D eigenvalue weighted by atomic mass is 16.5. The predicted molar refractivity (Wildman–Crippen MR) is 149 cm³/mol. The van der Waals surface area contributed by atoms with Crippen molar-refractivity contribution in [1.29, 1.82) is 0 Å². The number of rotatable bonds is 20. The fourth-order valence-electron chi connectivity index (χ4n) is 4.19. The standard InChI is InChI=1S/C31H44N2O4/c1-2-3-4-5-6-7-8-9-10-11-12-13-14-15-16-17-30(34)37-29-24-22-28(23-25-29)33-32-27-20-18-26(19-21-27)31(35)36/h18-25H,2-17H2,1H3,(H,35,36). The highest BCUT2D eigenvalue weighted by molar-refractivity contribution is 5.87. The number of nitrogens with zero attached hydrogens (tertiary/aromatic N) is 2. The molecule has 0 aliphatic rings. The van der Waals surface area contributed by atoms with Crippen LogP contribution in [0.3, 0.4) is 0 Å². The van der Waals surface area contributed by atoms with Crippen LogP contribution in [-0.2, 0) is 4.79 Å². The third-order valence-electron chi connectivity index (χ3n) is 6.45. The Balaban J connectivity index is 1.48. The molecule has 0 bridgehead atoms. The summed E-state index contributed by atoms with van der Waals surface area (Å²) in [6.45, 7) is 2.27. The summed E-state index contributed by atoms with van der Waals surface area (Å²) in [5.41, 5.74) is 1.38. The first-order valence-electron chi connectivity index (χ1n) is 14.1. The van der Waals surface area contributed by atoms with Gasteiger partial charge in [0, 0.05) is 6.42 Å². The van der Waals surface area contributed by atoms with Crippen LogP contribution < -0.4 is 4.74 Å². The van der Waals surface area contributed by atoms with Gasteiger partial charge in [0.25, 0.3) is 0 Å². The lowest BCUT2D eigenvalue weighted by molar-refractivity contribution is -0.134. The molecule has 0 fully saturated rings. The van der Waals surface area contributed by atoms with E-state index in [4.69, 9.17) is 9.84 Å². The average molecular weight is 509 g/mol. The molecule has 0 spiro atoms. The van der Waals surface area contributed by atoms with E-state index >= 15 is 0 Å². The fourth-order valence-corrected chi connectivity index (χ4v) is 4.19. The minimum absolute atomic E-state index is 0.203. The van der Waals surface area contributed by atoms with E-state index in [1.165, 1.54) is 95.6 Å². The van der Waals surface area contributed by atoms with Gasteiger partial charge in [0.05, 0.1) is 16.9 Å². The van der Waals surface area contributed by atoms with Crippen LogP contribution in [-0.4, -0.2) is 17.0 Å². The van der Waals surface area contributed by atoms with Gasteiger partial charge in [0.15, 0.2) is 0 Å². The minimum Gasteiger partial charge on any atom is -0.478 e. The van der Waals surface area contributed by atoms with Gasteiger partial charge in [-0.15, -0.1) is 0 Å². The number of carbonyl (C=O) groups is 2. The van der Waals surface area contributed by atoms with Gasteiger partial charge in [-0.05, 0) is 55.0 Å². The molecule has 202 valence electrons. The Kier molecular flexibility index (Phi) is 15.6. The summed E-state index contributed by atoms with van der Waals surface area (Å²) in [5, 5.41) is 17.2. The van der Waals surface area contributed by atoms with Crippen LogP contribution >= 0.6 is 0 Å². The molecule has 2 aromatic carbocycles. The van der Waals surface area contributed by atoms with Crippen LogP contribution in [0.2, 0.25) is 0 Å². The Morgan fingerprint density at radius 1 is 0.622 bits per heavy atom. The fraction of sp³-hybridized carbons (Fsp3) is 0.548. The lowest BCUT2D eigenvalue weighted by Gasteiger charge is -2.05. The van der Waals surface area contributed by atoms with Gasteiger partial charge in [0.1, 0.15) is 5.75 Å². The zero-order valence-electron chi connectivity index (χ0n) is 22.5. The maximum atomic E-state index is 12.1. The number of azo groups is 1. The number of aromatic carboxylic acids is 1. The first-order valence-corrected chi connectivity index (χ1v) is 14.1. The van der Waals surface area contributed by atoms with E-state index in [9.17, 15) is 9.59 Å². The quantitative estimate of drug-likeness (QED) is 0.0834. The summed E-state index contributed by atoms with van der Waals surface area (Å²) in [6, 6.07) is 13.0. The molecule has 0 saturated carbocycles. The Bertz CT molecular complexity index is 923. The first kappa shape index (κ1) is 30.2. The van der Waals surface area contributed by atoms with E-state index in [2.05, 4.69) is 17.2 Å². The van der Waals surface area contributed by atoms with Crippen LogP contribution in [0.5, 0.6) is 5.75 Å². The summed E-state index contributed by atoms with van der Waals surface area (Å²) in [5.74, 6) is -0.688. The molecule has 6 heteroatoms. The molecular weight excluding hydrogens is 464 g/mol. The Hall–Kier alpha value is -3.02. The van der Waals surface area contributed by atoms with Crippen molar-refractivity contribution in [2.24, 2.45) is 10.2 Å². The second-order valence-electron chi connectivity index (χ2n) is 9.72. The molecular formula is C31H44N2O4. The Labute approximate surface area is 222 Å². The lowest BCUT2D eigenvalue weighted by atomic mass is 10.0. The smallest absolute Gasteiger partial charge is 0.335 e. The van der Waals surface area contributed by atoms with E-state index in [0.717, 1.165) is 12.8 Å². The van der Waals surface area contributed by atoms with E-state index < -0.39 is 5.97 Å². The number of hydrogen-bond donors (Lipinski definition) is 1. The van der Waals surface area contributed by atoms with Crippen LogP contribution in [0.25, 0.3) is 0 Å². The van der Waals surface area contributed by atoms with Gasteiger partial charge in [-0.25, -0.2) is 4.79 Å². The van der Waals surface area contributed by atoms with Crippen LogP contribution in [0.15, 0.2) is 58.8 Å². The monoisotopic (exact) mass is 508 g/mol. The Morgan fingerprint density at radius 2 is 1.03 bits per heavy atom. The molecule has 0 atom stereocenters. The molecule has 0 aliphatic heterocycles. The number of hydrogen-bond acceptors (Lipinski definition) is 5. The number of esters is 1. The highest BCUT2D eigenvalue weighted by Gasteiger charge is 2.05. The van der Waals surface area contributed by atoms with Crippen LogP contribution in [0.4, 0.5) is 11.4 Å². The molecule has 0 radical (unpaired) electrons. The summed E-state index contributed by atoms with van der Waals surface area (Å²) in [4.78, 5) is 23.0. The molecule has 1 N–H and O–H groups in total. The van der Waals surface area contributed by atoms with Gasteiger partial charge in [0.2, 0.25) is 0 Å². The van der Waals surface area contributed by atoms with Gasteiger partial charge < -0.3 is 9.84 Å². The maximum absolute atomic E-state index is 12.1. The molecule has 0 aromatic heterocycles. The van der Waals surface area contributed by atoms with Crippen LogP contribution in [0, 0.1) is 0 Å². The van der Waals surface area contributed by atoms with Gasteiger partial charge >= 0.3 is 11.9 Å². The average Bonchev–Trinajstić information content (AvgIpc) is 2.90. The SMILES string of the molecule is CCCCCCCCCCCCCCCCCC(=O)Oc1ccc(N=Nc2ccc(C(=O)O)cc2)cc1. The maximum Gasteiger partial charge on any atom is 0.335 e. The van der Waals surface area contributed by atoms with Crippen molar-refractivity contribution in [3.05, 3.63) is 54.1 Å². The molecule has 0 heterocycles. The summed E-state index contributed by atoms with van der Waals surface area (Å²) >= 11 is 0. The van der Waals surface area contributed by atoms with E-state index in [1.54, 1.807) is 36.4 Å². The number of carboxylic acid groups (broad SMARTS) is 1. The van der Waals surface area contributed by atoms with Crippen molar-refractivity contribution >= 4 is 23.3 Å². The molecule has 0 saturated heterocycles. The molecule has 0 aliphatic carbocycles. The zero-order valence-corrected chi connectivity index (χ0v) is 22.5. The number of ether oxygens (including phenoxy) is 1. The van der Waals surface area contributed by atoms with E-state index in [-0.39, 0.29) is 11.5 Å². The zero-order chi connectivity index (χ0) is 26.6. The molecule has 37 heavy (non-hydrogen) atoms. The number of unbranched alkanes of at least 4 members (excludes halogenated alkanes) is 14. The minimum atomic E-state index is -0.979. The topological polar surface area (TPSA) is 88.3 Å². The molecule has 0 amide bonds. The van der Waals surface area contributed by atoms with Gasteiger partial charge in [-0.2, -0.15) is 10.2 Å². The second kappa shape index (κ2) is 19.1. The predicted octanol–water partition coefficient (Wildman–Crippen LogP) is 9.97. The van der Waals surface area contributed by atoms with Gasteiger partial charge in [-0.1, -0.05) is 96.8 Å². The lowest BCUT2D eigenvalue weighted by Crippen LogP contribution is -2.07. The molecule has 6 nitrogen and oxygen atoms in total. The van der Waals surface area contributed by atoms with Crippen molar-refractivity contribution in [1.82, 2.24) is 0 Å². The largest absolute Gasteiger partial charge is 0.478 e. The molecule has 2 rings (SSSR count). The summed E-state index contributed by atoms with van der Waals surface area (Å²) in [6.07, 6.45) is 19.9. The van der Waals surface area contributed by atoms with Crippen molar-refractivity contribution in [2.45, 2.75) is 110 Å². The number of benzene rings is 2. The van der Waals surface area contributed by atoms with Crippen LogP contribution in [0.1, 0.15) is 120 Å². The number of carbonyl (C=O) groups excluding carboxylic acids is 1. The second-order valence-corrected chi connectivity index (χ2v) is 9.72. The molecule has 0 unspecified atom stereocenters. The third-order valence-corrected chi connectivity index (χ3v) is 6.45. The van der Waals surface area contributed by atoms with Gasteiger partial charge in [-0.3, -0.25) is 4.79 Å². The Morgan fingerprint density at radius 3 is 1.46 bits per heavy atom. The molecule has 2 aromatic rings. The summed E-state index contributed by atoms with van der Waals surface area (Å²) in [7, 11) is 0. The first-order chi connectivity index (χ1) is 18.1. The van der Waals surface area contributed by atoms with Crippen molar-refractivity contribution in [3.8, 4) is 5.75 Å².